The van der Waals surface area contributed by atoms with E-state index in [4.69, 9.17) is 4.74 Å². The second-order valence-electron chi connectivity index (χ2n) is 3.97. The lowest BCUT2D eigenvalue weighted by atomic mass is 10.2. The van der Waals surface area contributed by atoms with E-state index in [9.17, 15) is 4.79 Å². The Morgan fingerprint density at radius 3 is 2.88 bits per heavy atom. The van der Waals surface area contributed by atoms with Crippen molar-refractivity contribution < 1.29 is 9.53 Å². The summed E-state index contributed by atoms with van der Waals surface area (Å²) in [5.74, 6) is 0.785. The predicted molar refractivity (Wildman–Crippen MR) is 66.7 cm³/mol. The lowest BCUT2D eigenvalue weighted by Gasteiger charge is -2.04. The topological polar surface area (TPSA) is 50.4 Å². The van der Waals surface area contributed by atoms with Crippen LogP contribution in [0.2, 0.25) is 0 Å². The second kappa shape index (κ2) is 5.39. The monoisotopic (exact) mass is 232 g/mol. The average Bonchev–Trinajstić information content (AvgIpc) is 3.13. The van der Waals surface area contributed by atoms with Gasteiger partial charge in [-0.2, -0.15) is 0 Å². The Balaban J connectivity index is 1.88. The number of carbonyl (C=O) groups is 1. The number of carbonyl (C=O) groups excluding carboxylic acids is 1. The van der Waals surface area contributed by atoms with E-state index in [0.29, 0.717) is 6.04 Å². The molecule has 2 rings (SSSR count). The molecule has 1 aromatic rings. The van der Waals surface area contributed by atoms with Crippen molar-refractivity contribution in [1.29, 1.82) is 0 Å². The molecule has 0 radical (unpaired) electrons. The van der Waals surface area contributed by atoms with Gasteiger partial charge in [0.2, 0.25) is 0 Å². The number of hydrogen-bond donors (Lipinski definition) is 2. The molecule has 1 saturated carbocycles. The van der Waals surface area contributed by atoms with Crippen LogP contribution in [0.25, 0.3) is 6.08 Å². The van der Waals surface area contributed by atoms with Crippen LogP contribution < -0.4 is 15.4 Å². The third-order valence-electron chi connectivity index (χ3n) is 2.53. The molecule has 0 spiro atoms. The van der Waals surface area contributed by atoms with Gasteiger partial charge >= 0.3 is 6.03 Å². The fourth-order valence-electron chi connectivity index (χ4n) is 1.47. The van der Waals surface area contributed by atoms with Crippen LogP contribution in [0, 0.1) is 0 Å². The van der Waals surface area contributed by atoms with Crippen LogP contribution in [0.1, 0.15) is 18.4 Å². The summed E-state index contributed by atoms with van der Waals surface area (Å²) in [5.41, 5.74) is 0.932. The van der Waals surface area contributed by atoms with E-state index in [2.05, 4.69) is 10.6 Å². The number of hydrogen-bond acceptors (Lipinski definition) is 2. The molecule has 1 aliphatic rings. The minimum atomic E-state index is -0.154. The molecular formula is C13H16N2O2. The van der Waals surface area contributed by atoms with Crippen LogP contribution >= 0.6 is 0 Å². The van der Waals surface area contributed by atoms with Gasteiger partial charge in [-0.05, 0) is 25.0 Å². The summed E-state index contributed by atoms with van der Waals surface area (Å²) in [6.45, 7) is 0. The van der Waals surface area contributed by atoms with E-state index in [1.165, 1.54) is 0 Å². The van der Waals surface area contributed by atoms with Gasteiger partial charge in [0.05, 0.1) is 7.11 Å². The average molecular weight is 232 g/mol. The largest absolute Gasteiger partial charge is 0.496 e. The van der Waals surface area contributed by atoms with Crippen LogP contribution in [0.3, 0.4) is 0 Å². The molecule has 0 unspecified atom stereocenters. The molecule has 17 heavy (non-hydrogen) atoms. The number of urea groups is 1. The number of benzene rings is 1. The van der Waals surface area contributed by atoms with Crippen molar-refractivity contribution in [3.05, 3.63) is 36.0 Å². The lowest BCUT2D eigenvalue weighted by molar-refractivity contribution is 0.244. The van der Waals surface area contributed by atoms with Crippen molar-refractivity contribution in [2.24, 2.45) is 0 Å². The maximum atomic E-state index is 11.3. The first kappa shape index (κ1) is 11.5. The van der Waals surface area contributed by atoms with Gasteiger partial charge in [-0.3, -0.25) is 0 Å². The number of amides is 2. The maximum Gasteiger partial charge on any atom is 0.318 e. The van der Waals surface area contributed by atoms with Crippen LogP contribution in [0.4, 0.5) is 4.79 Å². The Labute approximate surface area is 101 Å². The first-order chi connectivity index (χ1) is 8.29. The zero-order chi connectivity index (χ0) is 12.1. The molecule has 0 atom stereocenters. The fraction of sp³-hybridized carbons (Fsp3) is 0.308. The number of para-hydroxylation sites is 1. The van der Waals surface area contributed by atoms with Crippen LogP contribution in [0.15, 0.2) is 30.5 Å². The van der Waals surface area contributed by atoms with Crippen molar-refractivity contribution in [2.45, 2.75) is 18.9 Å². The molecular weight excluding hydrogens is 216 g/mol. The molecule has 0 aliphatic heterocycles. The summed E-state index contributed by atoms with van der Waals surface area (Å²) in [5, 5.41) is 5.50. The first-order valence-electron chi connectivity index (χ1n) is 5.66. The van der Waals surface area contributed by atoms with Gasteiger partial charge in [0.15, 0.2) is 0 Å². The number of nitrogens with one attached hydrogen (secondary N) is 2. The Kier molecular flexibility index (Phi) is 3.65. The van der Waals surface area contributed by atoms with Gasteiger partial charge in [0, 0.05) is 17.8 Å². The molecule has 90 valence electrons. The zero-order valence-electron chi connectivity index (χ0n) is 9.77. The minimum absolute atomic E-state index is 0.154. The third-order valence-corrected chi connectivity index (χ3v) is 2.53. The standard InChI is InChI=1S/C13H16N2O2/c1-17-12-5-3-2-4-10(12)8-9-14-13(16)15-11-6-7-11/h2-5,8-9,11H,6-7H2,1H3,(H2,14,15,16)/b9-8+. The van der Waals surface area contributed by atoms with E-state index >= 15 is 0 Å². The molecule has 2 N–H and O–H groups in total. The van der Waals surface area contributed by atoms with Gasteiger partial charge in [-0.1, -0.05) is 18.2 Å². The highest BCUT2D eigenvalue weighted by atomic mass is 16.5. The summed E-state index contributed by atoms with van der Waals surface area (Å²) < 4.78 is 5.20. The molecule has 0 aromatic heterocycles. The van der Waals surface area contributed by atoms with Gasteiger partial charge in [0.25, 0.3) is 0 Å². The molecule has 0 saturated heterocycles. The molecule has 0 heterocycles. The number of ether oxygens (including phenoxy) is 1. The SMILES string of the molecule is COc1ccccc1/C=C/NC(=O)NC1CC1. The van der Waals surface area contributed by atoms with Crippen LogP contribution in [-0.4, -0.2) is 19.2 Å². The summed E-state index contributed by atoms with van der Waals surface area (Å²) in [7, 11) is 1.62. The molecule has 0 bridgehead atoms. The van der Waals surface area contributed by atoms with Crippen LogP contribution in [-0.2, 0) is 0 Å². The minimum Gasteiger partial charge on any atom is -0.496 e. The fourth-order valence-corrected chi connectivity index (χ4v) is 1.47. The normalized spacial score (nSPS) is 14.6. The zero-order valence-corrected chi connectivity index (χ0v) is 9.77. The Bertz CT molecular complexity index is 425. The molecule has 1 fully saturated rings. The highest BCUT2D eigenvalue weighted by Gasteiger charge is 2.22. The quantitative estimate of drug-likeness (QED) is 0.835. The van der Waals surface area contributed by atoms with Gasteiger partial charge in [0.1, 0.15) is 5.75 Å². The molecule has 2 amide bonds. The molecule has 4 nitrogen and oxygen atoms in total. The van der Waals surface area contributed by atoms with E-state index in [1.807, 2.05) is 30.3 Å². The summed E-state index contributed by atoms with van der Waals surface area (Å²) in [6.07, 6.45) is 5.61. The lowest BCUT2D eigenvalue weighted by Crippen LogP contribution is -2.33. The van der Waals surface area contributed by atoms with E-state index in [0.717, 1.165) is 24.2 Å². The van der Waals surface area contributed by atoms with Crippen molar-refractivity contribution in [2.75, 3.05) is 7.11 Å². The van der Waals surface area contributed by atoms with Crippen molar-refractivity contribution in [3.63, 3.8) is 0 Å². The molecule has 1 aliphatic carbocycles. The summed E-state index contributed by atoms with van der Waals surface area (Å²) in [4.78, 5) is 11.3. The van der Waals surface area contributed by atoms with Crippen molar-refractivity contribution in [1.82, 2.24) is 10.6 Å². The van der Waals surface area contributed by atoms with E-state index in [1.54, 1.807) is 13.3 Å². The third kappa shape index (κ3) is 3.52. The second-order valence-corrected chi connectivity index (χ2v) is 3.97. The Morgan fingerprint density at radius 1 is 1.41 bits per heavy atom. The van der Waals surface area contributed by atoms with E-state index in [-0.39, 0.29) is 6.03 Å². The maximum absolute atomic E-state index is 11.3. The Hall–Kier alpha value is -1.97. The summed E-state index contributed by atoms with van der Waals surface area (Å²) >= 11 is 0. The number of rotatable bonds is 4. The molecule has 1 aromatic carbocycles. The summed E-state index contributed by atoms with van der Waals surface area (Å²) in [6, 6.07) is 7.85. The van der Waals surface area contributed by atoms with Gasteiger partial charge in [-0.15, -0.1) is 0 Å². The highest BCUT2D eigenvalue weighted by Crippen LogP contribution is 2.19. The first-order valence-corrected chi connectivity index (χ1v) is 5.66. The van der Waals surface area contributed by atoms with Crippen molar-refractivity contribution >= 4 is 12.1 Å². The smallest absolute Gasteiger partial charge is 0.318 e. The Morgan fingerprint density at radius 2 is 2.18 bits per heavy atom. The van der Waals surface area contributed by atoms with Crippen LogP contribution in [0.5, 0.6) is 5.75 Å². The van der Waals surface area contributed by atoms with E-state index < -0.39 is 0 Å². The number of methoxy groups -OCH3 is 1. The molecule has 4 heteroatoms. The van der Waals surface area contributed by atoms with Crippen molar-refractivity contribution in [3.8, 4) is 5.75 Å². The van der Waals surface area contributed by atoms with Gasteiger partial charge in [-0.25, -0.2) is 4.79 Å². The predicted octanol–water partition coefficient (Wildman–Crippen LogP) is 2.13. The van der Waals surface area contributed by atoms with Gasteiger partial charge < -0.3 is 15.4 Å². The highest BCUT2D eigenvalue weighted by molar-refractivity contribution is 5.76.